The number of rotatable bonds is 1. The van der Waals surface area contributed by atoms with E-state index >= 15 is 0 Å². The first-order valence-electron chi connectivity index (χ1n) is 5.01. The second-order valence-electron chi connectivity index (χ2n) is 4.23. The maximum absolute atomic E-state index is 5.45. The van der Waals surface area contributed by atoms with Gasteiger partial charge in [0.2, 0.25) is 0 Å². The second kappa shape index (κ2) is 3.08. The van der Waals surface area contributed by atoms with E-state index in [4.69, 9.17) is 4.84 Å². The third-order valence-corrected chi connectivity index (χ3v) is 3.30. The van der Waals surface area contributed by atoms with Crippen LogP contribution in [0.5, 0.6) is 0 Å². The van der Waals surface area contributed by atoms with E-state index in [2.05, 4.69) is 12.1 Å². The van der Waals surface area contributed by atoms with Gasteiger partial charge in [0.1, 0.15) is 5.60 Å². The fraction of sp³-hybridized carbons (Fsp3) is 0.900. The lowest BCUT2D eigenvalue weighted by Crippen LogP contribution is -2.35. The SMILES string of the molecule is CC1(C2CCCCC2)CC=NO1. The Morgan fingerprint density at radius 2 is 2.08 bits per heavy atom. The van der Waals surface area contributed by atoms with Gasteiger partial charge in [-0.05, 0) is 19.8 Å². The summed E-state index contributed by atoms with van der Waals surface area (Å²) >= 11 is 0. The van der Waals surface area contributed by atoms with Gasteiger partial charge in [-0.2, -0.15) is 0 Å². The van der Waals surface area contributed by atoms with Gasteiger partial charge in [-0.1, -0.05) is 24.4 Å². The maximum atomic E-state index is 5.45. The highest BCUT2D eigenvalue weighted by atomic mass is 16.7. The average molecular weight is 167 g/mol. The van der Waals surface area contributed by atoms with Crippen molar-refractivity contribution < 1.29 is 4.84 Å². The van der Waals surface area contributed by atoms with Gasteiger partial charge < -0.3 is 4.84 Å². The molecule has 2 heteroatoms. The molecule has 1 aliphatic heterocycles. The minimum atomic E-state index is 0.0421. The summed E-state index contributed by atoms with van der Waals surface area (Å²) in [7, 11) is 0. The Morgan fingerprint density at radius 3 is 2.67 bits per heavy atom. The van der Waals surface area contributed by atoms with Crippen molar-refractivity contribution in [2.24, 2.45) is 11.1 Å². The van der Waals surface area contributed by atoms with E-state index in [1.165, 1.54) is 32.1 Å². The van der Waals surface area contributed by atoms with Crippen LogP contribution in [-0.4, -0.2) is 11.8 Å². The summed E-state index contributed by atoms with van der Waals surface area (Å²) in [5, 5.41) is 3.89. The Labute approximate surface area is 74.0 Å². The van der Waals surface area contributed by atoms with Crippen LogP contribution in [0.25, 0.3) is 0 Å². The van der Waals surface area contributed by atoms with E-state index in [-0.39, 0.29) is 5.60 Å². The minimum absolute atomic E-state index is 0.0421. The molecule has 0 spiro atoms. The van der Waals surface area contributed by atoms with Crippen LogP contribution in [0.4, 0.5) is 0 Å². The lowest BCUT2D eigenvalue weighted by atomic mass is 9.77. The van der Waals surface area contributed by atoms with E-state index < -0.39 is 0 Å². The Morgan fingerprint density at radius 1 is 1.33 bits per heavy atom. The first kappa shape index (κ1) is 8.09. The van der Waals surface area contributed by atoms with Crippen molar-refractivity contribution in [2.75, 3.05) is 0 Å². The molecule has 1 aliphatic carbocycles. The van der Waals surface area contributed by atoms with Crippen LogP contribution in [-0.2, 0) is 4.84 Å². The molecule has 0 aromatic rings. The molecule has 1 saturated carbocycles. The van der Waals surface area contributed by atoms with E-state index in [9.17, 15) is 0 Å². The third-order valence-electron chi connectivity index (χ3n) is 3.30. The fourth-order valence-corrected chi connectivity index (χ4v) is 2.37. The Balaban J connectivity index is 1.97. The second-order valence-corrected chi connectivity index (χ2v) is 4.23. The highest BCUT2D eigenvalue weighted by Crippen LogP contribution is 2.38. The number of nitrogens with zero attached hydrogens (tertiary/aromatic N) is 1. The Bertz CT molecular complexity index is 174. The zero-order valence-electron chi connectivity index (χ0n) is 7.75. The molecule has 2 nitrogen and oxygen atoms in total. The number of hydrogen-bond acceptors (Lipinski definition) is 2. The van der Waals surface area contributed by atoms with Crippen molar-refractivity contribution in [3.05, 3.63) is 0 Å². The van der Waals surface area contributed by atoms with Gasteiger partial charge in [0.25, 0.3) is 0 Å². The molecule has 1 fully saturated rings. The molecular weight excluding hydrogens is 150 g/mol. The van der Waals surface area contributed by atoms with Gasteiger partial charge in [-0.25, -0.2) is 0 Å². The monoisotopic (exact) mass is 167 g/mol. The normalized spacial score (nSPS) is 36.8. The van der Waals surface area contributed by atoms with Gasteiger partial charge in [0.15, 0.2) is 0 Å². The quantitative estimate of drug-likeness (QED) is 0.588. The smallest absolute Gasteiger partial charge is 0.142 e. The molecule has 2 aliphatic rings. The van der Waals surface area contributed by atoms with Crippen LogP contribution < -0.4 is 0 Å². The van der Waals surface area contributed by atoms with Crippen molar-refractivity contribution in [1.29, 1.82) is 0 Å². The average Bonchev–Trinajstić information content (AvgIpc) is 2.55. The molecule has 2 rings (SSSR count). The summed E-state index contributed by atoms with van der Waals surface area (Å²) in [6.45, 7) is 2.20. The van der Waals surface area contributed by atoms with Crippen LogP contribution in [0.2, 0.25) is 0 Å². The Kier molecular flexibility index (Phi) is 2.07. The number of oxime groups is 1. The minimum Gasteiger partial charge on any atom is -0.389 e. The van der Waals surface area contributed by atoms with Gasteiger partial charge in [-0.15, -0.1) is 0 Å². The topological polar surface area (TPSA) is 21.6 Å². The molecule has 1 unspecified atom stereocenters. The molecule has 0 aromatic carbocycles. The van der Waals surface area contributed by atoms with E-state index in [0.29, 0.717) is 0 Å². The largest absolute Gasteiger partial charge is 0.389 e. The molecule has 0 radical (unpaired) electrons. The lowest BCUT2D eigenvalue weighted by molar-refractivity contribution is -0.0599. The molecule has 0 N–H and O–H groups in total. The maximum Gasteiger partial charge on any atom is 0.142 e. The van der Waals surface area contributed by atoms with Crippen LogP contribution in [0.3, 0.4) is 0 Å². The molecule has 0 saturated heterocycles. The summed E-state index contributed by atoms with van der Waals surface area (Å²) in [6, 6.07) is 0. The molecule has 0 bridgehead atoms. The van der Waals surface area contributed by atoms with Crippen molar-refractivity contribution in [3.8, 4) is 0 Å². The van der Waals surface area contributed by atoms with Crippen LogP contribution in [0, 0.1) is 5.92 Å². The van der Waals surface area contributed by atoms with E-state index in [1.54, 1.807) is 0 Å². The van der Waals surface area contributed by atoms with Crippen molar-refractivity contribution in [2.45, 2.75) is 51.0 Å². The van der Waals surface area contributed by atoms with Gasteiger partial charge in [0, 0.05) is 18.6 Å². The predicted molar refractivity (Wildman–Crippen MR) is 49.2 cm³/mol. The van der Waals surface area contributed by atoms with Gasteiger partial charge >= 0.3 is 0 Å². The van der Waals surface area contributed by atoms with Crippen LogP contribution in [0.15, 0.2) is 5.16 Å². The summed E-state index contributed by atoms with van der Waals surface area (Å²) in [5.41, 5.74) is 0.0421. The zero-order valence-corrected chi connectivity index (χ0v) is 7.75. The van der Waals surface area contributed by atoms with Crippen LogP contribution in [0.1, 0.15) is 45.4 Å². The molecule has 68 valence electrons. The standard InChI is InChI=1S/C10H17NO/c1-10(7-8-11-12-10)9-5-3-2-4-6-9/h8-9H,2-7H2,1H3. The van der Waals surface area contributed by atoms with E-state index in [1.807, 2.05) is 6.21 Å². The van der Waals surface area contributed by atoms with Crippen molar-refractivity contribution in [1.82, 2.24) is 0 Å². The highest BCUT2D eigenvalue weighted by Gasteiger charge is 2.38. The summed E-state index contributed by atoms with van der Waals surface area (Å²) in [4.78, 5) is 5.45. The van der Waals surface area contributed by atoms with Crippen LogP contribution >= 0.6 is 0 Å². The zero-order chi connectivity index (χ0) is 8.44. The Hall–Kier alpha value is -0.530. The molecule has 1 atom stereocenters. The first-order valence-corrected chi connectivity index (χ1v) is 5.01. The molecule has 12 heavy (non-hydrogen) atoms. The lowest BCUT2D eigenvalue weighted by Gasteiger charge is -2.34. The molecular formula is C10H17NO. The van der Waals surface area contributed by atoms with Gasteiger partial charge in [0.05, 0.1) is 0 Å². The van der Waals surface area contributed by atoms with E-state index in [0.717, 1.165) is 12.3 Å². The fourth-order valence-electron chi connectivity index (χ4n) is 2.37. The predicted octanol–water partition coefficient (Wildman–Crippen LogP) is 2.73. The van der Waals surface area contributed by atoms with Crippen molar-refractivity contribution >= 4 is 6.21 Å². The molecule has 0 amide bonds. The highest BCUT2D eigenvalue weighted by molar-refractivity contribution is 5.59. The van der Waals surface area contributed by atoms with Crippen molar-refractivity contribution in [3.63, 3.8) is 0 Å². The third kappa shape index (κ3) is 1.35. The molecule has 1 heterocycles. The first-order chi connectivity index (χ1) is 5.81. The van der Waals surface area contributed by atoms with Gasteiger partial charge in [-0.3, -0.25) is 0 Å². The summed E-state index contributed by atoms with van der Waals surface area (Å²) < 4.78 is 0. The molecule has 0 aromatic heterocycles. The summed E-state index contributed by atoms with van der Waals surface area (Å²) in [6.07, 6.45) is 9.76. The number of hydrogen-bond donors (Lipinski definition) is 0. The summed E-state index contributed by atoms with van der Waals surface area (Å²) in [5.74, 6) is 0.744.